The van der Waals surface area contributed by atoms with Crippen LogP contribution in [0.5, 0.6) is 5.75 Å². The molecule has 0 aliphatic rings. The van der Waals surface area contributed by atoms with Gasteiger partial charge in [-0.3, -0.25) is 4.39 Å². The molecule has 0 spiro atoms. The van der Waals surface area contributed by atoms with Crippen molar-refractivity contribution in [3.05, 3.63) is 28.3 Å². The van der Waals surface area contributed by atoms with Crippen molar-refractivity contribution < 1.29 is 9.13 Å². The minimum atomic E-state index is -0.308. The highest BCUT2D eigenvalue weighted by molar-refractivity contribution is 6.31. The van der Waals surface area contributed by atoms with E-state index in [9.17, 15) is 4.39 Å². The van der Waals surface area contributed by atoms with Crippen LogP contribution in [0, 0.1) is 6.92 Å². The van der Waals surface area contributed by atoms with E-state index in [1.807, 2.05) is 26.0 Å². The number of aryl methyl sites for hydroxylation is 2. The van der Waals surface area contributed by atoms with Crippen LogP contribution in [0.2, 0.25) is 5.02 Å². The molecule has 0 unspecified atom stereocenters. The van der Waals surface area contributed by atoms with Gasteiger partial charge in [-0.25, -0.2) is 0 Å². The first-order chi connectivity index (χ1) is 7.19. The minimum Gasteiger partial charge on any atom is -0.494 e. The lowest BCUT2D eigenvalue weighted by atomic mass is 10.1. The standard InChI is InChI=1S/C12H16ClFO/c1-3-15-12-7-9(2)11(13)8-10(12)5-4-6-14/h7-8H,3-6H2,1-2H3. The first kappa shape index (κ1) is 12.3. The molecule has 0 radical (unpaired) electrons. The number of hydrogen-bond donors (Lipinski definition) is 0. The van der Waals surface area contributed by atoms with Gasteiger partial charge in [-0.1, -0.05) is 11.6 Å². The molecule has 0 N–H and O–H groups in total. The van der Waals surface area contributed by atoms with E-state index in [0.717, 1.165) is 16.9 Å². The molecule has 0 bridgehead atoms. The average Bonchev–Trinajstić information content (AvgIpc) is 2.21. The highest BCUT2D eigenvalue weighted by Crippen LogP contribution is 2.27. The number of halogens is 2. The number of benzene rings is 1. The fourth-order valence-corrected chi connectivity index (χ4v) is 1.62. The molecule has 0 saturated carbocycles. The first-order valence-electron chi connectivity index (χ1n) is 5.16. The number of ether oxygens (including phenoxy) is 1. The van der Waals surface area contributed by atoms with Crippen LogP contribution in [0.4, 0.5) is 4.39 Å². The van der Waals surface area contributed by atoms with Crippen molar-refractivity contribution in [1.82, 2.24) is 0 Å². The Balaban J connectivity index is 2.93. The summed E-state index contributed by atoms with van der Waals surface area (Å²) in [6.45, 7) is 4.17. The van der Waals surface area contributed by atoms with Gasteiger partial charge in [0.25, 0.3) is 0 Å². The Morgan fingerprint density at radius 3 is 2.73 bits per heavy atom. The van der Waals surface area contributed by atoms with E-state index in [2.05, 4.69) is 0 Å². The Labute approximate surface area is 95.2 Å². The van der Waals surface area contributed by atoms with Crippen LogP contribution >= 0.6 is 11.6 Å². The monoisotopic (exact) mass is 230 g/mol. The third-order valence-corrected chi connectivity index (χ3v) is 2.63. The Morgan fingerprint density at radius 1 is 1.40 bits per heavy atom. The zero-order chi connectivity index (χ0) is 11.3. The van der Waals surface area contributed by atoms with E-state index < -0.39 is 0 Å². The summed E-state index contributed by atoms with van der Waals surface area (Å²) in [6.07, 6.45) is 1.19. The second kappa shape index (κ2) is 5.96. The molecule has 1 aromatic rings. The molecule has 0 heterocycles. The zero-order valence-electron chi connectivity index (χ0n) is 9.15. The van der Waals surface area contributed by atoms with E-state index in [-0.39, 0.29) is 6.67 Å². The highest BCUT2D eigenvalue weighted by atomic mass is 35.5. The van der Waals surface area contributed by atoms with E-state index >= 15 is 0 Å². The highest BCUT2D eigenvalue weighted by Gasteiger charge is 2.07. The largest absolute Gasteiger partial charge is 0.494 e. The Kier molecular flexibility index (Phi) is 4.89. The van der Waals surface area contributed by atoms with E-state index in [1.54, 1.807) is 0 Å². The molecule has 3 heteroatoms. The molecule has 84 valence electrons. The SMILES string of the molecule is CCOc1cc(C)c(Cl)cc1CCCF. The topological polar surface area (TPSA) is 9.23 Å². The quantitative estimate of drug-likeness (QED) is 0.744. The first-order valence-corrected chi connectivity index (χ1v) is 5.54. The summed E-state index contributed by atoms with van der Waals surface area (Å²) < 4.78 is 17.6. The van der Waals surface area contributed by atoms with Gasteiger partial charge in [0.2, 0.25) is 0 Å². The number of rotatable bonds is 5. The Hall–Kier alpha value is -0.760. The molecule has 1 aromatic carbocycles. The average molecular weight is 231 g/mol. The molecule has 0 aromatic heterocycles. The second-order valence-corrected chi connectivity index (χ2v) is 3.84. The fourth-order valence-electron chi connectivity index (χ4n) is 1.44. The lowest BCUT2D eigenvalue weighted by molar-refractivity contribution is 0.335. The molecule has 0 amide bonds. The van der Waals surface area contributed by atoms with E-state index in [4.69, 9.17) is 16.3 Å². The van der Waals surface area contributed by atoms with Crippen LogP contribution in [0.15, 0.2) is 12.1 Å². The maximum atomic E-state index is 12.1. The Morgan fingerprint density at radius 2 is 2.13 bits per heavy atom. The maximum Gasteiger partial charge on any atom is 0.122 e. The predicted octanol–water partition coefficient (Wildman–Crippen LogP) is 3.95. The van der Waals surface area contributed by atoms with Gasteiger partial charge >= 0.3 is 0 Å². The van der Waals surface area contributed by atoms with Crippen LogP contribution in [0.3, 0.4) is 0 Å². The molecule has 1 nitrogen and oxygen atoms in total. The molecule has 0 aliphatic carbocycles. The van der Waals surface area contributed by atoms with Crippen molar-refractivity contribution in [2.75, 3.05) is 13.3 Å². The molecule has 0 fully saturated rings. The van der Waals surface area contributed by atoms with Crippen LogP contribution in [0.1, 0.15) is 24.5 Å². The second-order valence-electron chi connectivity index (χ2n) is 3.43. The van der Waals surface area contributed by atoms with Crippen LogP contribution in [0.25, 0.3) is 0 Å². The molecular weight excluding hydrogens is 215 g/mol. The van der Waals surface area contributed by atoms with Crippen molar-refractivity contribution in [1.29, 1.82) is 0 Å². The summed E-state index contributed by atoms with van der Waals surface area (Å²) in [5, 5.41) is 0.715. The van der Waals surface area contributed by atoms with Gasteiger partial charge in [-0.15, -0.1) is 0 Å². The third kappa shape index (κ3) is 3.38. The van der Waals surface area contributed by atoms with Gasteiger partial charge < -0.3 is 4.74 Å². The zero-order valence-corrected chi connectivity index (χ0v) is 9.90. The number of hydrogen-bond acceptors (Lipinski definition) is 1. The Bertz CT molecular complexity index is 326. The normalized spacial score (nSPS) is 10.4. The lowest BCUT2D eigenvalue weighted by Gasteiger charge is -2.11. The number of alkyl halides is 1. The van der Waals surface area contributed by atoms with Gasteiger partial charge in [0.15, 0.2) is 0 Å². The molecule has 1 rings (SSSR count). The molecule has 0 saturated heterocycles. The van der Waals surface area contributed by atoms with Crippen LogP contribution < -0.4 is 4.74 Å². The van der Waals surface area contributed by atoms with Crippen LogP contribution in [-0.2, 0) is 6.42 Å². The smallest absolute Gasteiger partial charge is 0.122 e. The molecule has 15 heavy (non-hydrogen) atoms. The van der Waals surface area contributed by atoms with Crippen molar-refractivity contribution in [3.8, 4) is 5.75 Å². The van der Waals surface area contributed by atoms with Crippen molar-refractivity contribution in [2.24, 2.45) is 0 Å². The van der Waals surface area contributed by atoms with Gasteiger partial charge in [0.1, 0.15) is 5.75 Å². The lowest BCUT2D eigenvalue weighted by Crippen LogP contribution is -1.98. The van der Waals surface area contributed by atoms with Crippen molar-refractivity contribution >= 4 is 11.6 Å². The van der Waals surface area contributed by atoms with Crippen LogP contribution in [-0.4, -0.2) is 13.3 Å². The summed E-state index contributed by atoms with van der Waals surface area (Å²) in [4.78, 5) is 0. The summed E-state index contributed by atoms with van der Waals surface area (Å²) in [7, 11) is 0. The maximum absolute atomic E-state index is 12.1. The van der Waals surface area contributed by atoms with Gasteiger partial charge in [0, 0.05) is 5.02 Å². The summed E-state index contributed by atoms with van der Waals surface area (Å²) in [5.41, 5.74) is 1.98. The summed E-state index contributed by atoms with van der Waals surface area (Å²) >= 11 is 6.02. The summed E-state index contributed by atoms with van der Waals surface area (Å²) in [5.74, 6) is 0.827. The molecular formula is C12H16ClFO. The van der Waals surface area contributed by atoms with Crippen molar-refractivity contribution in [3.63, 3.8) is 0 Å². The molecule has 0 aliphatic heterocycles. The van der Waals surface area contributed by atoms with Crippen molar-refractivity contribution in [2.45, 2.75) is 26.7 Å². The third-order valence-electron chi connectivity index (χ3n) is 2.22. The fraction of sp³-hybridized carbons (Fsp3) is 0.500. The summed E-state index contributed by atoms with van der Waals surface area (Å²) in [6, 6.07) is 3.79. The van der Waals surface area contributed by atoms with Gasteiger partial charge in [0.05, 0.1) is 13.3 Å². The van der Waals surface area contributed by atoms with Gasteiger partial charge in [-0.05, 0) is 49.9 Å². The molecule has 0 atom stereocenters. The predicted molar refractivity (Wildman–Crippen MR) is 61.7 cm³/mol. The van der Waals surface area contributed by atoms with E-state index in [1.165, 1.54) is 0 Å². The van der Waals surface area contributed by atoms with E-state index in [0.29, 0.717) is 24.5 Å². The minimum absolute atomic E-state index is 0.308. The van der Waals surface area contributed by atoms with Gasteiger partial charge in [-0.2, -0.15) is 0 Å².